The van der Waals surface area contributed by atoms with Gasteiger partial charge in [0, 0.05) is 23.9 Å². The number of nitrogens with zero attached hydrogens (tertiary/aromatic N) is 1. The van der Waals surface area contributed by atoms with Gasteiger partial charge in [-0.15, -0.1) is 11.3 Å². The second-order valence-corrected chi connectivity index (χ2v) is 5.02. The standard InChI is InChI=1S/C15H14N2O3S/c1-10(18)12-9-21-15(16-12)17-14(19)8-7-11-5-3-4-6-13(11)20-2/h3-9H,1-2H3,(H,16,17,19)/b8-7+. The molecule has 0 bridgehead atoms. The number of carbonyl (C=O) groups excluding carboxylic acids is 2. The molecule has 0 aliphatic rings. The van der Waals surface area contributed by atoms with Crippen LogP contribution in [0.2, 0.25) is 0 Å². The minimum absolute atomic E-state index is 0.128. The summed E-state index contributed by atoms with van der Waals surface area (Å²) in [7, 11) is 1.58. The monoisotopic (exact) mass is 302 g/mol. The van der Waals surface area contributed by atoms with Gasteiger partial charge in [0.05, 0.1) is 7.11 Å². The van der Waals surface area contributed by atoms with Gasteiger partial charge >= 0.3 is 0 Å². The Morgan fingerprint density at radius 3 is 2.76 bits per heavy atom. The van der Waals surface area contributed by atoms with Gasteiger partial charge in [0.2, 0.25) is 5.91 Å². The number of carbonyl (C=O) groups is 2. The number of para-hydroxylation sites is 1. The van der Waals surface area contributed by atoms with Gasteiger partial charge in [-0.1, -0.05) is 18.2 Å². The van der Waals surface area contributed by atoms with E-state index in [1.165, 1.54) is 24.3 Å². The number of nitrogens with one attached hydrogen (secondary N) is 1. The van der Waals surface area contributed by atoms with Gasteiger partial charge in [-0.2, -0.15) is 0 Å². The fourth-order valence-corrected chi connectivity index (χ4v) is 2.36. The summed E-state index contributed by atoms with van der Waals surface area (Å²) in [5.41, 5.74) is 1.16. The number of thiazole rings is 1. The van der Waals surface area contributed by atoms with E-state index < -0.39 is 0 Å². The summed E-state index contributed by atoms with van der Waals surface area (Å²) in [6, 6.07) is 7.38. The van der Waals surface area contributed by atoms with Crippen molar-refractivity contribution < 1.29 is 14.3 Å². The highest BCUT2D eigenvalue weighted by Gasteiger charge is 2.07. The molecule has 6 heteroatoms. The van der Waals surface area contributed by atoms with E-state index in [9.17, 15) is 9.59 Å². The lowest BCUT2D eigenvalue weighted by atomic mass is 10.2. The number of hydrogen-bond donors (Lipinski definition) is 1. The van der Waals surface area contributed by atoms with Crippen molar-refractivity contribution in [2.45, 2.75) is 6.92 Å². The Kier molecular flexibility index (Phi) is 4.84. The SMILES string of the molecule is COc1ccccc1/C=C/C(=O)Nc1nc(C(C)=O)cs1. The molecule has 1 amide bonds. The summed E-state index contributed by atoms with van der Waals surface area (Å²) in [5, 5.41) is 4.62. The van der Waals surface area contributed by atoms with Gasteiger partial charge in [0.25, 0.3) is 0 Å². The van der Waals surface area contributed by atoms with Crippen LogP contribution in [0.3, 0.4) is 0 Å². The summed E-state index contributed by atoms with van der Waals surface area (Å²) < 4.78 is 5.19. The number of ether oxygens (including phenoxy) is 1. The molecule has 0 saturated carbocycles. The van der Waals surface area contributed by atoms with Crippen LogP contribution in [0.1, 0.15) is 23.0 Å². The normalized spacial score (nSPS) is 10.6. The molecule has 21 heavy (non-hydrogen) atoms. The number of ketones is 1. The van der Waals surface area contributed by atoms with Crippen LogP contribution < -0.4 is 10.1 Å². The number of hydrogen-bond acceptors (Lipinski definition) is 5. The van der Waals surface area contributed by atoms with E-state index >= 15 is 0 Å². The van der Waals surface area contributed by atoms with Crippen molar-refractivity contribution in [2.75, 3.05) is 12.4 Å². The number of anilines is 1. The topological polar surface area (TPSA) is 68.3 Å². The summed E-state index contributed by atoms with van der Waals surface area (Å²) in [5.74, 6) is 0.247. The molecule has 5 nitrogen and oxygen atoms in total. The maximum Gasteiger partial charge on any atom is 0.250 e. The highest BCUT2D eigenvalue weighted by molar-refractivity contribution is 7.14. The van der Waals surface area contributed by atoms with E-state index in [1.807, 2.05) is 24.3 Å². The van der Waals surface area contributed by atoms with Crippen molar-refractivity contribution in [1.29, 1.82) is 0 Å². The second-order valence-electron chi connectivity index (χ2n) is 4.16. The Morgan fingerprint density at radius 2 is 2.10 bits per heavy atom. The molecular formula is C15H14N2O3S. The molecule has 2 aromatic rings. The quantitative estimate of drug-likeness (QED) is 0.681. The van der Waals surface area contributed by atoms with Crippen molar-refractivity contribution in [1.82, 2.24) is 4.98 Å². The van der Waals surface area contributed by atoms with E-state index in [0.717, 1.165) is 5.56 Å². The lowest BCUT2D eigenvalue weighted by Gasteiger charge is -2.03. The highest BCUT2D eigenvalue weighted by Crippen LogP contribution is 2.19. The Balaban J connectivity index is 2.03. The Bertz CT molecular complexity index is 692. The van der Waals surface area contributed by atoms with Gasteiger partial charge in [-0.3, -0.25) is 14.9 Å². The van der Waals surface area contributed by atoms with Crippen molar-refractivity contribution in [3.63, 3.8) is 0 Å². The van der Waals surface area contributed by atoms with Crippen LogP contribution in [0.15, 0.2) is 35.7 Å². The van der Waals surface area contributed by atoms with Crippen LogP contribution in [0, 0.1) is 0 Å². The molecule has 2 rings (SSSR count). The first-order chi connectivity index (χ1) is 10.1. The molecule has 0 aliphatic heterocycles. The smallest absolute Gasteiger partial charge is 0.250 e. The maximum absolute atomic E-state index is 11.8. The highest BCUT2D eigenvalue weighted by atomic mass is 32.1. The first-order valence-electron chi connectivity index (χ1n) is 6.18. The Hall–Kier alpha value is -2.47. The Labute approximate surface area is 126 Å². The van der Waals surface area contributed by atoms with Crippen LogP contribution in [-0.2, 0) is 4.79 Å². The molecule has 108 valence electrons. The van der Waals surface area contributed by atoms with Crippen molar-refractivity contribution in [3.8, 4) is 5.75 Å². The third-order valence-corrected chi connectivity index (χ3v) is 3.41. The van der Waals surface area contributed by atoms with Crippen LogP contribution in [0.5, 0.6) is 5.75 Å². The van der Waals surface area contributed by atoms with E-state index in [-0.39, 0.29) is 11.7 Å². The third-order valence-electron chi connectivity index (χ3n) is 2.65. The summed E-state index contributed by atoms with van der Waals surface area (Å²) in [6.45, 7) is 1.43. The number of Topliss-reactive ketones (excluding diaryl/α,β-unsaturated/α-hetero) is 1. The predicted octanol–water partition coefficient (Wildman–Crippen LogP) is 3.01. The maximum atomic E-state index is 11.8. The van der Waals surface area contributed by atoms with E-state index in [2.05, 4.69) is 10.3 Å². The predicted molar refractivity (Wildman–Crippen MR) is 82.8 cm³/mol. The number of methoxy groups -OCH3 is 1. The van der Waals surface area contributed by atoms with Crippen molar-refractivity contribution in [2.24, 2.45) is 0 Å². The summed E-state index contributed by atoms with van der Waals surface area (Å²) in [4.78, 5) is 27.0. The average molecular weight is 302 g/mol. The van der Waals surface area contributed by atoms with Gasteiger partial charge in [0.1, 0.15) is 11.4 Å². The second kappa shape index (κ2) is 6.81. The van der Waals surface area contributed by atoms with Crippen LogP contribution in [0.25, 0.3) is 6.08 Å². The van der Waals surface area contributed by atoms with E-state index in [1.54, 1.807) is 18.6 Å². The molecule has 1 heterocycles. The lowest BCUT2D eigenvalue weighted by molar-refractivity contribution is -0.111. The van der Waals surface area contributed by atoms with E-state index in [0.29, 0.717) is 16.6 Å². The first kappa shape index (κ1) is 14.9. The van der Waals surface area contributed by atoms with Gasteiger partial charge in [-0.25, -0.2) is 4.98 Å². The molecule has 1 aromatic carbocycles. The Morgan fingerprint density at radius 1 is 1.33 bits per heavy atom. The zero-order valence-electron chi connectivity index (χ0n) is 11.6. The number of aromatic nitrogens is 1. The zero-order chi connectivity index (χ0) is 15.2. The zero-order valence-corrected chi connectivity index (χ0v) is 12.4. The molecule has 0 atom stereocenters. The summed E-state index contributed by atoms with van der Waals surface area (Å²) >= 11 is 1.21. The minimum atomic E-state index is -0.314. The molecule has 0 fully saturated rings. The third kappa shape index (κ3) is 4.00. The molecule has 0 spiro atoms. The van der Waals surface area contributed by atoms with Gasteiger partial charge in [-0.05, 0) is 12.1 Å². The van der Waals surface area contributed by atoms with Crippen molar-refractivity contribution >= 4 is 34.2 Å². The minimum Gasteiger partial charge on any atom is -0.496 e. The van der Waals surface area contributed by atoms with Gasteiger partial charge in [0.15, 0.2) is 10.9 Å². The van der Waals surface area contributed by atoms with Crippen LogP contribution in [-0.4, -0.2) is 23.8 Å². The fraction of sp³-hybridized carbons (Fsp3) is 0.133. The van der Waals surface area contributed by atoms with Crippen LogP contribution in [0.4, 0.5) is 5.13 Å². The number of amides is 1. The molecule has 0 radical (unpaired) electrons. The molecule has 1 N–H and O–H groups in total. The molecular weight excluding hydrogens is 288 g/mol. The number of benzene rings is 1. The van der Waals surface area contributed by atoms with Crippen LogP contribution >= 0.6 is 11.3 Å². The first-order valence-corrected chi connectivity index (χ1v) is 7.06. The summed E-state index contributed by atoms with van der Waals surface area (Å²) in [6.07, 6.45) is 3.06. The fourth-order valence-electron chi connectivity index (χ4n) is 1.61. The lowest BCUT2D eigenvalue weighted by Crippen LogP contribution is -2.07. The molecule has 0 unspecified atom stereocenters. The van der Waals surface area contributed by atoms with Gasteiger partial charge < -0.3 is 4.74 Å². The molecule has 1 aromatic heterocycles. The largest absolute Gasteiger partial charge is 0.496 e. The van der Waals surface area contributed by atoms with E-state index in [4.69, 9.17) is 4.74 Å². The number of rotatable bonds is 5. The van der Waals surface area contributed by atoms with Crippen molar-refractivity contribution in [3.05, 3.63) is 47.0 Å². The molecule has 0 saturated heterocycles. The molecule has 0 aliphatic carbocycles. The average Bonchev–Trinajstić information content (AvgIpc) is 2.94.